The lowest BCUT2D eigenvalue weighted by molar-refractivity contribution is -0.176. The molecule has 1 aliphatic carbocycles. The van der Waals surface area contributed by atoms with Crippen LogP contribution in [0.4, 0.5) is 0 Å². The number of rotatable bonds is 8. The molecule has 2 fully saturated rings. The summed E-state index contributed by atoms with van der Waals surface area (Å²) in [5.41, 5.74) is 4.04. The van der Waals surface area contributed by atoms with Crippen LogP contribution in [-0.2, 0) is 32.5 Å². The number of carbonyl (C=O) groups is 2. The van der Waals surface area contributed by atoms with E-state index in [2.05, 4.69) is 28.6 Å². The van der Waals surface area contributed by atoms with Gasteiger partial charge in [-0.05, 0) is 60.9 Å². The van der Waals surface area contributed by atoms with E-state index in [9.17, 15) is 9.59 Å². The maximum Gasteiger partial charge on any atom is 0.338 e. The number of esters is 2. The van der Waals surface area contributed by atoms with Gasteiger partial charge < -0.3 is 37.7 Å². The Morgan fingerprint density at radius 1 is 0.889 bits per heavy atom. The lowest BCUT2D eigenvalue weighted by Gasteiger charge is -2.53. The summed E-state index contributed by atoms with van der Waals surface area (Å²) in [6, 6.07) is 9.52. The van der Waals surface area contributed by atoms with E-state index in [-0.39, 0.29) is 29.4 Å². The van der Waals surface area contributed by atoms with Crippen LogP contribution >= 0.6 is 0 Å². The fraction of sp³-hybridized carbons (Fsp3) is 0.529. The normalized spacial score (nSPS) is 25.8. The maximum atomic E-state index is 13.6. The van der Waals surface area contributed by atoms with E-state index in [0.29, 0.717) is 23.7 Å². The molecule has 2 aliphatic heterocycles. The van der Waals surface area contributed by atoms with Crippen LogP contribution < -0.4 is 18.9 Å². The highest BCUT2D eigenvalue weighted by molar-refractivity contribution is 5.91. The monoisotopic (exact) mass is 622 g/mol. The summed E-state index contributed by atoms with van der Waals surface area (Å²) >= 11 is 0. The van der Waals surface area contributed by atoms with Crippen LogP contribution in [0.3, 0.4) is 0 Å². The number of ether oxygens (including phenoxy) is 7. The van der Waals surface area contributed by atoms with Gasteiger partial charge in [-0.15, -0.1) is 0 Å². The molecule has 3 aliphatic rings. The van der Waals surface area contributed by atoms with Crippen molar-refractivity contribution in [1.82, 2.24) is 9.47 Å². The third-order valence-electron chi connectivity index (χ3n) is 10.2. The molecule has 1 saturated carbocycles. The number of benzene rings is 2. The average molecular weight is 623 g/mol. The van der Waals surface area contributed by atoms with Gasteiger partial charge in [0.05, 0.1) is 58.6 Å². The first kappa shape index (κ1) is 31.0. The van der Waals surface area contributed by atoms with Crippen LogP contribution in [0.5, 0.6) is 23.0 Å². The van der Waals surface area contributed by atoms with Crippen molar-refractivity contribution in [2.45, 2.75) is 37.5 Å². The van der Waals surface area contributed by atoms with Crippen LogP contribution in [0.25, 0.3) is 10.9 Å². The van der Waals surface area contributed by atoms with Gasteiger partial charge >= 0.3 is 11.9 Å². The van der Waals surface area contributed by atoms with E-state index in [4.69, 9.17) is 33.2 Å². The number of aryl methyl sites for hydroxylation is 1. The Labute approximate surface area is 263 Å². The molecule has 11 nitrogen and oxygen atoms in total. The van der Waals surface area contributed by atoms with Crippen LogP contribution in [0, 0.1) is 17.8 Å². The van der Waals surface area contributed by atoms with Gasteiger partial charge in [0.2, 0.25) is 5.75 Å². The van der Waals surface area contributed by atoms with E-state index in [1.54, 1.807) is 26.4 Å². The first-order chi connectivity index (χ1) is 21.8. The number of hydrogen-bond acceptors (Lipinski definition) is 10. The summed E-state index contributed by atoms with van der Waals surface area (Å²) in [4.78, 5) is 29.6. The number of carbonyl (C=O) groups excluding carboxylic acids is 2. The Morgan fingerprint density at radius 2 is 1.62 bits per heavy atom. The van der Waals surface area contributed by atoms with E-state index >= 15 is 0 Å². The Hall–Kier alpha value is -3.96. The molecule has 0 spiro atoms. The summed E-state index contributed by atoms with van der Waals surface area (Å²) in [6.45, 7) is 1.69. The van der Waals surface area contributed by atoms with Crippen molar-refractivity contribution >= 4 is 22.8 Å². The lowest BCUT2D eigenvalue weighted by Crippen LogP contribution is -2.58. The van der Waals surface area contributed by atoms with Gasteiger partial charge in [-0.25, -0.2) is 4.79 Å². The first-order valence-corrected chi connectivity index (χ1v) is 15.3. The first-order valence-electron chi connectivity index (χ1n) is 15.3. The summed E-state index contributed by atoms with van der Waals surface area (Å²) in [6.07, 6.45) is 0.944. The van der Waals surface area contributed by atoms with Crippen molar-refractivity contribution in [2.75, 3.05) is 55.7 Å². The zero-order valence-corrected chi connectivity index (χ0v) is 27.0. The van der Waals surface area contributed by atoms with Gasteiger partial charge in [-0.3, -0.25) is 9.69 Å². The van der Waals surface area contributed by atoms with Gasteiger partial charge in [-0.2, -0.15) is 0 Å². The minimum absolute atomic E-state index is 0.0155. The summed E-state index contributed by atoms with van der Waals surface area (Å²) in [5, 5.41) is 1.25. The summed E-state index contributed by atoms with van der Waals surface area (Å²) in [5.74, 6) is 0.471. The number of piperidine rings is 1. The van der Waals surface area contributed by atoms with Gasteiger partial charge in [0, 0.05) is 44.4 Å². The van der Waals surface area contributed by atoms with Gasteiger partial charge in [0.25, 0.3) is 0 Å². The third-order valence-corrected chi connectivity index (χ3v) is 10.2. The SMILES string of the molecule is COC(=O)[C@H]1[C@H]2C[C@@H]3c4c(c5ccc(OC)cc5n4C)CCN3C[C@H]2C[C@@H](OC(=O)c2cc(OC)c(OC)c(OC)c2)[C@@H]1OC. The fourth-order valence-electron chi connectivity index (χ4n) is 8.14. The predicted octanol–water partition coefficient (Wildman–Crippen LogP) is 4.18. The third kappa shape index (κ3) is 5.15. The molecule has 2 aromatic carbocycles. The van der Waals surface area contributed by atoms with Crippen LogP contribution in [0.1, 0.15) is 40.5 Å². The molecular formula is C34H42N2O9. The quantitative estimate of drug-likeness (QED) is 0.340. The minimum atomic E-state index is -0.670. The number of methoxy groups -OCH3 is 6. The second kappa shape index (κ2) is 12.4. The number of nitrogens with zero attached hydrogens (tertiary/aromatic N) is 2. The van der Waals surface area contributed by atoms with E-state index in [0.717, 1.165) is 37.2 Å². The Bertz CT molecular complexity index is 1570. The number of aromatic nitrogens is 1. The average Bonchev–Trinajstić information content (AvgIpc) is 3.36. The van der Waals surface area contributed by atoms with Gasteiger partial charge in [0.15, 0.2) is 11.5 Å². The molecular weight excluding hydrogens is 580 g/mol. The van der Waals surface area contributed by atoms with Crippen molar-refractivity contribution in [3.63, 3.8) is 0 Å². The predicted molar refractivity (Wildman–Crippen MR) is 165 cm³/mol. The van der Waals surface area contributed by atoms with Crippen molar-refractivity contribution in [1.29, 1.82) is 0 Å². The molecule has 242 valence electrons. The fourth-order valence-corrected chi connectivity index (χ4v) is 8.14. The van der Waals surface area contributed by atoms with Crippen LogP contribution in [0.2, 0.25) is 0 Å². The molecule has 0 unspecified atom stereocenters. The standard InChI is InChI=1S/C34H42N2O9/c1-35-24-15-20(39-2)8-9-21(24)22-10-11-36-17-19-14-28(32(43-6)29(34(38)44-7)23(19)16-25(36)30(22)35)45-33(37)18-12-26(40-3)31(42-5)27(13-18)41-4/h8-9,12-13,15,19,23,25,28-29,32H,10-11,14,16-17H2,1-7H3/t19-,23+,25-,28-,29+,32+/m1/s1. The summed E-state index contributed by atoms with van der Waals surface area (Å²) in [7, 11) is 11.2. The molecule has 6 rings (SSSR count). The van der Waals surface area contributed by atoms with Crippen molar-refractivity contribution in [3.8, 4) is 23.0 Å². The zero-order chi connectivity index (χ0) is 32.0. The minimum Gasteiger partial charge on any atom is -0.497 e. The highest BCUT2D eigenvalue weighted by atomic mass is 16.6. The van der Waals surface area contributed by atoms with Crippen molar-refractivity contribution in [3.05, 3.63) is 47.2 Å². The molecule has 1 aromatic heterocycles. The molecule has 3 heterocycles. The van der Waals surface area contributed by atoms with Crippen molar-refractivity contribution < 1.29 is 42.7 Å². The molecule has 0 amide bonds. The maximum absolute atomic E-state index is 13.6. The number of hydrogen-bond donors (Lipinski definition) is 0. The molecule has 3 aromatic rings. The van der Waals surface area contributed by atoms with E-state index < -0.39 is 24.1 Å². The molecule has 45 heavy (non-hydrogen) atoms. The Kier molecular flexibility index (Phi) is 8.58. The molecule has 6 atom stereocenters. The highest BCUT2D eigenvalue weighted by Crippen LogP contribution is 2.51. The van der Waals surface area contributed by atoms with Gasteiger partial charge in [0.1, 0.15) is 18.0 Å². The van der Waals surface area contributed by atoms with Crippen LogP contribution in [0.15, 0.2) is 30.3 Å². The molecule has 11 heteroatoms. The molecule has 1 saturated heterocycles. The summed E-state index contributed by atoms with van der Waals surface area (Å²) < 4.78 is 41.6. The Morgan fingerprint density at radius 3 is 2.24 bits per heavy atom. The van der Waals surface area contributed by atoms with Crippen molar-refractivity contribution in [2.24, 2.45) is 24.8 Å². The highest BCUT2D eigenvalue weighted by Gasteiger charge is 2.54. The Balaban J connectivity index is 1.31. The molecule has 0 N–H and O–H groups in total. The van der Waals surface area contributed by atoms with Gasteiger partial charge in [-0.1, -0.05) is 0 Å². The zero-order valence-electron chi connectivity index (χ0n) is 27.0. The van der Waals surface area contributed by atoms with Crippen LogP contribution in [-0.4, -0.2) is 89.4 Å². The smallest absolute Gasteiger partial charge is 0.338 e. The topological polar surface area (TPSA) is 107 Å². The number of fused-ring (bicyclic) bond motifs is 6. The van der Waals surface area contributed by atoms with E-state index in [1.165, 1.54) is 45.1 Å². The molecule has 0 bridgehead atoms. The molecule has 0 radical (unpaired) electrons. The second-order valence-electron chi connectivity index (χ2n) is 12.1. The largest absolute Gasteiger partial charge is 0.497 e. The second-order valence-corrected chi connectivity index (χ2v) is 12.1. The lowest BCUT2D eigenvalue weighted by atomic mass is 9.63. The van der Waals surface area contributed by atoms with E-state index in [1.807, 2.05) is 6.07 Å².